The Morgan fingerprint density at radius 1 is 1.19 bits per heavy atom. The second kappa shape index (κ2) is 7.83. The maximum Gasteiger partial charge on any atom is 0.247 e. The number of rotatable bonds is 5. The third-order valence-electron chi connectivity index (χ3n) is 3.92. The normalized spacial score (nSPS) is 15.4. The Balaban J connectivity index is 1.73. The first-order valence-corrected chi connectivity index (χ1v) is 10.5. The molecule has 6 nitrogen and oxygen atoms in total. The van der Waals surface area contributed by atoms with Crippen LogP contribution in [0.3, 0.4) is 0 Å². The van der Waals surface area contributed by atoms with Crippen LogP contribution in [0.1, 0.15) is 31.8 Å². The summed E-state index contributed by atoms with van der Waals surface area (Å²) in [4.78, 5) is 4.61. The molecule has 3 aromatic rings. The van der Waals surface area contributed by atoms with Crippen molar-refractivity contribution in [2.24, 2.45) is 0 Å². The van der Waals surface area contributed by atoms with Crippen LogP contribution in [0.25, 0.3) is 11.3 Å². The Hall–Kier alpha value is -1.81. The van der Waals surface area contributed by atoms with Gasteiger partial charge in [-0.1, -0.05) is 43.3 Å². The number of hydrogen-bond donors (Lipinski definition) is 1. The molecule has 0 saturated carbocycles. The lowest BCUT2D eigenvalue weighted by molar-refractivity contribution is 0.193. The van der Waals surface area contributed by atoms with E-state index in [-0.39, 0.29) is 0 Å². The van der Waals surface area contributed by atoms with E-state index < -0.39 is 6.23 Å². The molecule has 1 aromatic carbocycles. The fraction of sp³-hybridized carbons (Fsp3) is 0.278. The van der Waals surface area contributed by atoms with Gasteiger partial charge in [0.25, 0.3) is 0 Å². The van der Waals surface area contributed by atoms with Gasteiger partial charge in [0.1, 0.15) is 0 Å². The van der Waals surface area contributed by atoms with E-state index in [1.807, 2.05) is 36.4 Å². The van der Waals surface area contributed by atoms with Gasteiger partial charge < -0.3 is 14.5 Å². The third-order valence-corrected chi connectivity index (χ3v) is 5.42. The molecule has 2 aromatic heterocycles. The SMILES string of the molecule is CCCCSc1nnc2c(n1)O[C@H](c1ccc(I)o1)Nc1ccccc1-2. The Kier molecular flexibility index (Phi) is 5.30. The fourth-order valence-corrected chi connectivity index (χ4v) is 3.91. The summed E-state index contributed by atoms with van der Waals surface area (Å²) >= 11 is 3.74. The molecule has 0 fully saturated rings. The first-order chi connectivity index (χ1) is 12.7. The van der Waals surface area contributed by atoms with Gasteiger partial charge in [0.15, 0.2) is 15.2 Å². The summed E-state index contributed by atoms with van der Waals surface area (Å²) in [5.41, 5.74) is 2.46. The van der Waals surface area contributed by atoms with Crippen LogP contribution in [0.2, 0.25) is 0 Å². The van der Waals surface area contributed by atoms with Gasteiger partial charge in [-0.2, -0.15) is 4.98 Å². The van der Waals surface area contributed by atoms with Gasteiger partial charge in [-0.05, 0) is 47.2 Å². The molecule has 0 saturated heterocycles. The molecule has 0 bridgehead atoms. The predicted octanol–water partition coefficient (Wildman–Crippen LogP) is 5.13. The maximum atomic E-state index is 6.15. The lowest BCUT2D eigenvalue weighted by Crippen LogP contribution is -2.16. The molecule has 0 unspecified atom stereocenters. The van der Waals surface area contributed by atoms with Gasteiger partial charge in [-0.25, -0.2) is 0 Å². The van der Waals surface area contributed by atoms with Gasteiger partial charge in [-0.15, -0.1) is 10.2 Å². The minimum Gasteiger partial charge on any atom is -0.449 e. The smallest absolute Gasteiger partial charge is 0.247 e. The molecule has 0 amide bonds. The molecule has 4 rings (SSSR count). The average Bonchev–Trinajstić information content (AvgIpc) is 3.01. The zero-order chi connectivity index (χ0) is 17.9. The largest absolute Gasteiger partial charge is 0.449 e. The summed E-state index contributed by atoms with van der Waals surface area (Å²) < 4.78 is 12.7. The van der Waals surface area contributed by atoms with Crippen molar-refractivity contribution in [3.8, 4) is 17.1 Å². The van der Waals surface area contributed by atoms with Crippen molar-refractivity contribution in [2.75, 3.05) is 11.1 Å². The third kappa shape index (κ3) is 3.66. The van der Waals surface area contributed by atoms with Crippen LogP contribution in [0.15, 0.2) is 46.0 Å². The van der Waals surface area contributed by atoms with Gasteiger partial charge in [0.05, 0.1) is 0 Å². The van der Waals surface area contributed by atoms with E-state index in [1.54, 1.807) is 11.8 Å². The van der Waals surface area contributed by atoms with E-state index in [0.29, 0.717) is 22.5 Å². The van der Waals surface area contributed by atoms with Crippen LogP contribution in [-0.2, 0) is 0 Å². The summed E-state index contributed by atoms with van der Waals surface area (Å²) in [6, 6.07) is 11.7. The highest BCUT2D eigenvalue weighted by molar-refractivity contribution is 14.1. The zero-order valence-corrected chi connectivity index (χ0v) is 17.1. The van der Waals surface area contributed by atoms with E-state index in [2.05, 4.69) is 50.0 Å². The number of ether oxygens (including phenoxy) is 1. The molecule has 0 aliphatic carbocycles. The number of para-hydroxylation sites is 1. The van der Waals surface area contributed by atoms with E-state index in [4.69, 9.17) is 9.15 Å². The molecule has 3 heterocycles. The Morgan fingerprint density at radius 2 is 2.08 bits per heavy atom. The molecule has 26 heavy (non-hydrogen) atoms. The molecule has 1 aliphatic rings. The van der Waals surface area contributed by atoms with Crippen LogP contribution >= 0.6 is 34.4 Å². The lowest BCUT2D eigenvalue weighted by atomic mass is 10.1. The fourth-order valence-electron chi connectivity index (χ4n) is 2.61. The van der Waals surface area contributed by atoms with Crippen molar-refractivity contribution in [3.63, 3.8) is 0 Å². The van der Waals surface area contributed by atoms with Crippen molar-refractivity contribution in [3.05, 3.63) is 45.9 Å². The molecule has 1 N–H and O–H groups in total. The first-order valence-electron chi connectivity index (χ1n) is 8.40. The summed E-state index contributed by atoms with van der Waals surface area (Å²) in [5, 5.41) is 12.7. The van der Waals surface area contributed by atoms with Crippen LogP contribution in [0.4, 0.5) is 5.69 Å². The number of nitrogens with one attached hydrogen (secondary N) is 1. The average molecular weight is 480 g/mol. The number of hydrogen-bond acceptors (Lipinski definition) is 7. The molecule has 134 valence electrons. The number of fused-ring (bicyclic) bond motifs is 3. The molecule has 1 atom stereocenters. The molecule has 8 heteroatoms. The highest BCUT2D eigenvalue weighted by atomic mass is 127. The minimum absolute atomic E-state index is 0.466. The number of aromatic nitrogens is 3. The predicted molar refractivity (Wildman–Crippen MR) is 109 cm³/mol. The van der Waals surface area contributed by atoms with Gasteiger partial charge in [0.2, 0.25) is 17.3 Å². The van der Waals surface area contributed by atoms with Crippen molar-refractivity contribution < 1.29 is 9.15 Å². The highest BCUT2D eigenvalue weighted by Gasteiger charge is 2.27. The Bertz CT molecular complexity index is 918. The standard InChI is InChI=1S/C18H17IN4O2S/c1-2-3-10-26-18-21-17-15(22-23-18)11-6-4-5-7-12(11)20-16(25-17)13-8-9-14(19)24-13/h4-9,16,20H,2-3,10H2,1H3/t16-/m1/s1. The van der Waals surface area contributed by atoms with Crippen molar-refractivity contribution in [1.29, 1.82) is 0 Å². The minimum atomic E-state index is -0.480. The number of furan rings is 1. The highest BCUT2D eigenvalue weighted by Crippen LogP contribution is 2.39. The van der Waals surface area contributed by atoms with Crippen LogP contribution in [0, 0.1) is 3.77 Å². The number of thioether (sulfide) groups is 1. The molecule has 1 aliphatic heterocycles. The number of anilines is 1. The summed E-state index contributed by atoms with van der Waals surface area (Å²) in [5.74, 6) is 2.12. The van der Waals surface area contributed by atoms with E-state index >= 15 is 0 Å². The Labute approximate surface area is 169 Å². The lowest BCUT2D eigenvalue weighted by Gasteiger charge is -2.16. The molecular formula is C18H17IN4O2S. The van der Waals surface area contributed by atoms with Crippen LogP contribution < -0.4 is 10.1 Å². The second-order valence-electron chi connectivity index (χ2n) is 5.78. The van der Waals surface area contributed by atoms with Crippen molar-refractivity contribution in [2.45, 2.75) is 31.1 Å². The summed E-state index contributed by atoms with van der Waals surface area (Å²) in [6.07, 6.45) is 1.77. The molecular weight excluding hydrogens is 463 g/mol. The van der Waals surface area contributed by atoms with Crippen molar-refractivity contribution >= 4 is 40.0 Å². The van der Waals surface area contributed by atoms with Crippen molar-refractivity contribution in [1.82, 2.24) is 15.2 Å². The van der Waals surface area contributed by atoms with Gasteiger partial charge in [-0.3, -0.25) is 0 Å². The number of nitrogens with zero attached hydrogens (tertiary/aromatic N) is 3. The molecule has 0 radical (unpaired) electrons. The summed E-state index contributed by atoms with van der Waals surface area (Å²) in [6.45, 7) is 2.16. The molecule has 0 spiro atoms. The number of halogens is 1. The van der Waals surface area contributed by atoms with Crippen LogP contribution in [0.5, 0.6) is 5.88 Å². The Morgan fingerprint density at radius 3 is 2.88 bits per heavy atom. The maximum absolute atomic E-state index is 6.15. The van der Waals surface area contributed by atoms with E-state index in [1.165, 1.54) is 0 Å². The monoisotopic (exact) mass is 480 g/mol. The van der Waals surface area contributed by atoms with Gasteiger partial charge >= 0.3 is 0 Å². The quantitative estimate of drug-likeness (QED) is 0.308. The zero-order valence-electron chi connectivity index (χ0n) is 14.1. The van der Waals surface area contributed by atoms with E-state index in [9.17, 15) is 0 Å². The summed E-state index contributed by atoms with van der Waals surface area (Å²) in [7, 11) is 0. The van der Waals surface area contributed by atoms with E-state index in [0.717, 1.165) is 33.6 Å². The first kappa shape index (κ1) is 17.6. The second-order valence-corrected chi connectivity index (χ2v) is 7.91. The number of benzene rings is 1. The number of unbranched alkanes of at least 4 members (excludes halogenated alkanes) is 1. The topological polar surface area (TPSA) is 73.1 Å². The van der Waals surface area contributed by atoms with Crippen LogP contribution in [-0.4, -0.2) is 20.9 Å². The van der Waals surface area contributed by atoms with Gasteiger partial charge in [0, 0.05) is 17.0 Å².